The molecular formula is C18H17N7S. The zero-order chi connectivity index (χ0) is 17.9. The molecule has 26 heavy (non-hydrogen) atoms. The first-order valence-corrected chi connectivity index (χ1v) is 9.15. The van der Waals surface area contributed by atoms with Gasteiger partial charge in [0.05, 0.1) is 11.4 Å². The number of tetrazole rings is 1. The lowest BCUT2D eigenvalue weighted by Crippen LogP contribution is -2.03. The highest BCUT2D eigenvalue weighted by molar-refractivity contribution is 7.98. The Morgan fingerprint density at radius 2 is 1.62 bits per heavy atom. The van der Waals surface area contributed by atoms with Crippen LogP contribution in [0.1, 0.15) is 17.2 Å². The molecule has 2 aromatic heterocycles. The molecule has 8 heteroatoms. The molecule has 0 amide bonds. The summed E-state index contributed by atoms with van der Waals surface area (Å²) in [7, 11) is 0. The highest BCUT2D eigenvalue weighted by atomic mass is 32.2. The molecule has 0 radical (unpaired) electrons. The van der Waals surface area contributed by atoms with Crippen molar-refractivity contribution in [1.82, 2.24) is 35.0 Å². The number of aromatic nitrogens is 7. The number of nitrogens with zero attached hydrogens (tertiary/aromatic N) is 7. The largest absolute Gasteiger partial charge is 0.274 e. The van der Waals surface area contributed by atoms with E-state index in [1.807, 2.05) is 41.8 Å². The molecule has 0 N–H and O–H groups in total. The van der Waals surface area contributed by atoms with Gasteiger partial charge in [0.25, 0.3) is 0 Å². The minimum atomic E-state index is 0.589. The zero-order valence-corrected chi connectivity index (χ0v) is 15.3. The van der Waals surface area contributed by atoms with E-state index >= 15 is 0 Å². The monoisotopic (exact) mass is 363 g/mol. The molecule has 0 saturated heterocycles. The molecule has 0 unspecified atom stereocenters. The van der Waals surface area contributed by atoms with Crippen LogP contribution in [0.3, 0.4) is 0 Å². The third-order valence-corrected chi connectivity index (χ3v) is 4.88. The predicted octanol–water partition coefficient (Wildman–Crippen LogP) is 3.15. The SMILES string of the molecule is Cc1ccc(-n2c(C)nnc2SCc2nnnn2-c2ccccc2)cc1. The second-order valence-corrected chi connectivity index (χ2v) is 6.77. The van der Waals surface area contributed by atoms with Crippen molar-refractivity contribution in [2.45, 2.75) is 24.8 Å². The van der Waals surface area contributed by atoms with Crippen LogP contribution < -0.4 is 0 Å². The van der Waals surface area contributed by atoms with Gasteiger partial charge in [-0.15, -0.1) is 15.3 Å². The van der Waals surface area contributed by atoms with E-state index in [0.717, 1.165) is 28.2 Å². The van der Waals surface area contributed by atoms with Crippen LogP contribution >= 0.6 is 11.8 Å². The molecule has 0 aliphatic carbocycles. The molecule has 0 bridgehead atoms. The third-order valence-electron chi connectivity index (χ3n) is 3.95. The van der Waals surface area contributed by atoms with Gasteiger partial charge in [-0.1, -0.05) is 47.7 Å². The topological polar surface area (TPSA) is 74.3 Å². The van der Waals surface area contributed by atoms with E-state index in [0.29, 0.717) is 5.75 Å². The van der Waals surface area contributed by atoms with Gasteiger partial charge in [-0.2, -0.15) is 4.68 Å². The standard InChI is InChI=1S/C18H17N7S/c1-13-8-10-15(11-9-13)24-14(2)19-21-18(24)26-12-17-20-22-23-25(17)16-6-4-3-5-7-16/h3-11H,12H2,1-2H3. The predicted molar refractivity (Wildman–Crippen MR) is 99.5 cm³/mol. The van der Waals surface area contributed by atoms with E-state index < -0.39 is 0 Å². The molecule has 0 aliphatic rings. The van der Waals surface area contributed by atoms with Crippen molar-refractivity contribution in [3.05, 3.63) is 71.8 Å². The molecule has 2 aromatic carbocycles. The fourth-order valence-electron chi connectivity index (χ4n) is 2.62. The summed E-state index contributed by atoms with van der Waals surface area (Å²) in [5, 5.41) is 21.4. The summed E-state index contributed by atoms with van der Waals surface area (Å²) in [5.41, 5.74) is 3.20. The van der Waals surface area contributed by atoms with Gasteiger partial charge in [-0.3, -0.25) is 4.57 Å². The molecule has 0 fully saturated rings. The van der Waals surface area contributed by atoms with Crippen LogP contribution in [0.5, 0.6) is 0 Å². The average molecular weight is 363 g/mol. The molecule has 4 rings (SSSR count). The molecule has 130 valence electrons. The summed E-state index contributed by atoms with van der Waals surface area (Å²) >= 11 is 1.56. The minimum absolute atomic E-state index is 0.589. The van der Waals surface area contributed by atoms with Crippen molar-refractivity contribution in [3.63, 3.8) is 0 Å². The van der Waals surface area contributed by atoms with Crippen LogP contribution in [0, 0.1) is 13.8 Å². The summed E-state index contributed by atoms with van der Waals surface area (Å²) in [4.78, 5) is 0. The van der Waals surface area contributed by atoms with E-state index in [4.69, 9.17) is 0 Å². The van der Waals surface area contributed by atoms with Crippen LogP contribution in [-0.4, -0.2) is 35.0 Å². The molecule has 2 heterocycles. The molecule has 0 atom stereocenters. The Labute approximate surface area is 155 Å². The van der Waals surface area contributed by atoms with Gasteiger partial charge < -0.3 is 0 Å². The molecule has 4 aromatic rings. The van der Waals surface area contributed by atoms with Gasteiger partial charge in [0.15, 0.2) is 11.0 Å². The van der Waals surface area contributed by atoms with E-state index in [2.05, 4.69) is 56.9 Å². The van der Waals surface area contributed by atoms with Crippen molar-refractivity contribution < 1.29 is 0 Å². The average Bonchev–Trinajstić information content (AvgIpc) is 3.28. The Kier molecular flexibility index (Phi) is 4.49. The maximum atomic E-state index is 4.31. The van der Waals surface area contributed by atoms with Crippen LogP contribution in [0.4, 0.5) is 0 Å². The highest BCUT2D eigenvalue weighted by Gasteiger charge is 2.14. The Morgan fingerprint density at radius 3 is 2.38 bits per heavy atom. The number of rotatable bonds is 5. The number of para-hydroxylation sites is 1. The van der Waals surface area contributed by atoms with Crippen LogP contribution in [0.25, 0.3) is 11.4 Å². The first-order chi connectivity index (χ1) is 12.7. The fourth-order valence-corrected chi connectivity index (χ4v) is 3.53. The number of benzene rings is 2. The number of hydrogen-bond acceptors (Lipinski definition) is 6. The summed E-state index contributed by atoms with van der Waals surface area (Å²) in [5.74, 6) is 2.20. The van der Waals surface area contributed by atoms with Crippen LogP contribution in [0.15, 0.2) is 59.8 Å². The van der Waals surface area contributed by atoms with Gasteiger partial charge in [0.1, 0.15) is 5.82 Å². The summed E-state index contributed by atoms with van der Waals surface area (Å²) in [6.45, 7) is 4.02. The van der Waals surface area contributed by atoms with E-state index in [1.165, 1.54) is 5.56 Å². The Hall–Kier alpha value is -3.00. The van der Waals surface area contributed by atoms with E-state index in [9.17, 15) is 0 Å². The normalized spacial score (nSPS) is 11.0. The fraction of sp³-hybridized carbons (Fsp3) is 0.167. The van der Waals surface area contributed by atoms with Gasteiger partial charge >= 0.3 is 0 Å². The van der Waals surface area contributed by atoms with Crippen molar-refractivity contribution in [1.29, 1.82) is 0 Å². The van der Waals surface area contributed by atoms with Gasteiger partial charge in [-0.05, 0) is 48.5 Å². The van der Waals surface area contributed by atoms with Crippen molar-refractivity contribution in [3.8, 4) is 11.4 Å². The Bertz CT molecular complexity index is 1010. The lowest BCUT2D eigenvalue weighted by molar-refractivity contribution is 0.777. The van der Waals surface area contributed by atoms with Crippen molar-refractivity contribution in [2.75, 3.05) is 0 Å². The van der Waals surface area contributed by atoms with Gasteiger partial charge in [0, 0.05) is 5.69 Å². The lowest BCUT2D eigenvalue weighted by Gasteiger charge is -2.09. The number of thioether (sulfide) groups is 1. The summed E-state index contributed by atoms with van der Waals surface area (Å²) in [6.07, 6.45) is 0. The van der Waals surface area contributed by atoms with Gasteiger partial charge in [0.2, 0.25) is 0 Å². The quantitative estimate of drug-likeness (QED) is 0.507. The summed E-state index contributed by atoms with van der Waals surface area (Å²) < 4.78 is 3.78. The molecule has 0 spiro atoms. The first-order valence-electron chi connectivity index (χ1n) is 8.17. The summed E-state index contributed by atoms with van der Waals surface area (Å²) in [6, 6.07) is 18.2. The Balaban J connectivity index is 1.59. The van der Waals surface area contributed by atoms with E-state index in [1.54, 1.807) is 16.4 Å². The van der Waals surface area contributed by atoms with Crippen LogP contribution in [-0.2, 0) is 5.75 Å². The molecule has 0 saturated carbocycles. The highest BCUT2D eigenvalue weighted by Crippen LogP contribution is 2.25. The second-order valence-electron chi connectivity index (χ2n) is 5.83. The van der Waals surface area contributed by atoms with Gasteiger partial charge in [-0.25, -0.2) is 0 Å². The third kappa shape index (κ3) is 3.23. The lowest BCUT2D eigenvalue weighted by atomic mass is 10.2. The molecule has 7 nitrogen and oxygen atoms in total. The maximum absolute atomic E-state index is 4.31. The zero-order valence-electron chi connectivity index (χ0n) is 14.4. The minimum Gasteiger partial charge on any atom is -0.274 e. The number of hydrogen-bond donors (Lipinski definition) is 0. The van der Waals surface area contributed by atoms with Crippen molar-refractivity contribution in [2.24, 2.45) is 0 Å². The van der Waals surface area contributed by atoms with E-state index in [-0.39, 0.29) is 0 Å². The molecule has 0 aliphatic heterocycles. The smallest absolute Gasteiger partial charge is 0.196 e. The Morgan fingerprint density at radius 1 is 0.846 bits per heavy atom. The molecular weight excluding hydrogens is 346 g/mol. The number of aryl methyl sites for hydroxylation is 2. The first kappa shape index (κ1) is 16.5. The van der Waals surface area contributed by atoms with Crippen molar-refractivity contribution >= 4 is 11.8 Å². The van der Waals surface area contributed by atoms with Crippen LogP contribution in [0.2, 0.25) is 0 Å². The second kappa shape index (κ2) is 7.09. The maximum Gasteiger partial charge on any atom is 0.196 e.